The lowest BCUT2D eigenvalue weighted by Crippen LogP contribution is -2.31. The Morgan fingerprint density at radius 1 is 1.23 bits per heavy atom. The minimum absolute atomic E-state index is 0.0132. The molecular formula is C20H23N3O3. The largest absolute Gasteiger partial charge is 0.497 e. The predicted octanol–water partition coefficient (Wildman–Crippen LogP) is 2.70. The standard InChI is InChI=1S/C20H23N3O3/c1-14(24)21-12-15-5-10-18(22-13-15)19-4-3-11-23(19)20(25)16-6-8-17(26-2)9-7-16/h5-10,13,19H,3-4,11-12H2,1-2H3,(H,21,24). The maximum Gasteiger partial charge on any atom is 0.254 e. The zero-order valence-electron chi connectivity index (χ0n) is 15.1. The third kappa shape index (κ3) is 4.02. The van der Waals surface area contributed by atoms with Crippen LogP contribution in [0.5, 0.6) is 5.75 Å². The number of carbonyl (C=O) groups excluding carboxylic acids is 2. The first-order valence-corrected chi connectivity index (χ1v) is 8.73. The van der Waals surface area contributed by atoms with E-state index >= 15 is 0 Å². The van der Waals surface area contributed by atoms with Crippen molar-refractivity contribution in [3.05, 3.63) is 59.4 Å². The fourth-order valence-electron chi connectivity index (χ4n) is 3.18. The van der Waals surface area contributed by atoms with Crippen molar-refractivity contribution in [3.63, 3.8) is 0 Å². The second-order valence-electron chi connectivity index (χ2n) is 6.39. The van der Waals surface area contributed by atoms with Crippen molar-refractivity contribution in [2.45, 2.75) is 32.4 Å². The van der Waals surface area contributed by atoms with Gasteiger partial charge in [-0.2, -0.15) is 0 Å². The lowest BCUT2D eigenvalue weighted by Gasteiger charge is -2.24. The molecule has 0 spiro atoms. The van der Waals surface area contributed by atoms with Crippen molar-refractivity contribution < 1.29 is 14.3 Å². The highest BCUT2D eigenvalue weighted by Crippen LogP contribution is 2.32. The fourth-order valence-corrected chi connectivity index (χ4v) is 3.18. The van der Waals surface area contributed by atoms with Crippen LogP contribution in [-0.2, 0) is 11.3 Å². The highest BCUT2D eigenvalue weighted by atomic mass is 16.5. The van der Waals surface area contributed by atoms with Gasteiger partial charge in [-0.1, -0.05) is 6.07 Å². The van der Waals surface area contributed by atoms with Gasteiger partial charge < -0.3 is 15.0 Å². The highest BCUT2D eigenvalue weighted by Gasteiger charge is 2.31. The zero-order chi connectivity index (χ0) is 18.5. The van der Waals surface area contributed by atoms with E-state index in [4.69, 9.17) is 4.74 Å². The second-order valence-corrected chi connectivity index (χ2v) is 6.39. The number of benzene rings is 1. The summed E-state index contributed by atoms with van der Waals surface area (Å²) in [6.45, 7) is 2.68. The van der Waals surface area contributed by atoms with Crippen molar-refractivity contribution in [2.75, 3.05) is 13.7 Å². The molecule has 3 rings (SSSR count). The number of nitrogens with zero attached hydrogens (tertiary/aromatic N) is 2. The molecule has 2 aromatic rings. The number of amides is 2. The first-order chi connectivity index (χ1) is 12.6. The van der Waals surface area contributed by atoms with E-state index in [1.807, 2.05) is 17.0 Å². The van der Waals surface area contributed by atoms with Crippen molar-refractivity contribution in [3.8, 4) is 5.75 Å². The van der Waals surface area contributed by atoms with Crippen LogP contribution in [0.15, 0.2) is 42.6 Å². The molecule has 1 N–H and O–H groups in total. The van der Waals surface area contributed by atoms with Gasteiger partial charge in [0.05, 0.1) is 18.8 Å². The normalized spacial score (nSPS) is 16.4. The third-order valence-corrected chi connectivity index (χ3v) is 4.58. The summed E-state index contributed by atoms with van der Waals surface area (Å²) in [5.41, 5.74) is 2.48. The van der Waals surface area contributed by atoms with Gasteiger partial charge >= 0.3 is 0 Å². The zero-order valence-corrected chi connectivity index (χ0v) is 15.1. The molecule has 1 saturated heterocycles. The molecule has 26 heavy (non-hydrogen) atoms. The first kappa shape index (κ1) is 17.9. The topological polar surface area (TPSA) is 71.5 Å². The number of pyridine rings is 1. The van der Waals surface area contributed by atoms with E-state index < -0.39 is 0 Å². The first-order valence-electron chi connectivity index (χ1n) is 8.73. The molecule has 1 unspecified atom stereocenters. The minimum atomic E-state index is -0.0684. The van der Waals surface area contributed by atoms with Crippen molar-refractivity contribution >= 4 is 11.8 Å². The summed E-state index contributed by atoms with van der Waals surface area (Å²) in [6, 6.07) is 11.1. The van der Waals surface area contributed by atoms with E-state index in [1.54, 1.807) is 37.6 Å². The number of hydrogen-bond acceptors (Lipinski definition) is 4. The average molecular weight is 353 g/mol. The Hall–Kier alpha value is -2.89. The summed E-state index contributed by atoms with van der Waals surface area (Å²) < 4.78 is 5.15. The molecule has 1 fully saturated rings. The molecule has 136 valence electrons. The number of aromatic nitrogens is 1. The van der Waals surface area contributed by atoms with E-state index in [0.29, 0.717) is 12.1 Å². The van der Waals surface area contributed by atoms with Crippen molar-refractivity contribution in [2.24, 2.45) is 0 Å². The van der Waals surface area contributed by atoms with E-state index in [-0.39, 0.29) is 17.9 Å². The quantitative estimate of drug-likeness (QED) is 0.897. The van der Waals surface area contributed by atoms with E-state index in [9.17, 15) is 9.59 Å². The number of ether oxygens (including phenoxy) is 1. The van der Waals surface area contributed by atoms with Gasteiger partial charge in [-0.05, 0) is 48.7 Å². The Balaban J connectivity index is 1.72. The number of rotatable bonds is 5. The van der Waals surface area contributed by atoms with Crippen LogP contribution in [0.1, 0.15) is 47.4 Å². The van der Waals surface area contributed by atoms with Gasteiger partial charge in [0.1, 0.15) is 5.75 Å². The Kier molecular flexibility index (Phi) is 5.51. The summed E-state index contributed by atoms with van der Waals surface area (Å²) in [5.74, 6) is 0.677. The smallest absolute Gasteiger partial charge is 0.254 e. The lowest BCUT2D eigenvalue weighted by molar-refractivity contribution is -0.119. The molecule has 1 aromatic heterocycles. The van der Waals surface area contributed by atoms with Crippen LogP contribution >= 0.6 is 0 Å². The van der Waals surface area contributed by atoms with Crippen molar-refractivity contribution in [1.29, 1.82) is 0 Å². The maximum absolute atomic E-state index is 12.9. The summed E-state index contributed by atoms with van der Waals surface area (Å²) >= 11 is 0. The number of hydrogen-bond donors (Lipinski definition) is 1. The third-order valence-electron chi connectivity index (χ3n) is 4.58. The molecular weight excluding hydrogens is 330 g/mol. The van der Waals surface area contributed by atoms with Crippen molar-refractivity contribution in [1.82, 2.24) is 15.2 Å². The molecule has 0 radical (unpaired) electrons. The van der Waals surface area contributed by atoms with E-state index in [1.165, 1.54) is 6.92 Å². The van der Waals surface area contributed by atoms with Gasteiger partial charge in [0, 0.05) is 31.8 Å². The van der Waals surface area contributed by atoms with Crippen LogP contribution in [0.25, 0.3) is 0 Å². The molecule has 1 aromatic carbocycles. The molecule has 2 amide bonds. The van der Waals surface area contributed by atoms with Gasteiger partial charge in [0.2, 0.25) is 5.91 Å². The van der Waals surface area contributed by atoms with Crippen LogP contribution < -0.4 is 10.1 Å². The Bertz CT molecular complexity index is 772. The number of carbonyl (C=O) groups is 2. The monoisotopic (exact) mass is 353 g/mol. The van der Waals surface area contributed by atoms with Crippen LogP contribution in [0.3, 0.4) is 0 Å². The Morgan fingerprint density at radius 3 is 2.62 bits per heavy atom. The molecule has 2 heterocycles. The summed E-state index contributed by atoms with van der Waals surface area (Å²) in [6.07, 6.45) is 3.63. The number of likely N-dealkylation sites (tertiary alicyclic amines) is 1. The molecule has 0 aliphatic carbocycles. The molecule has 0 saturated carbocycles. The molecule has 1 atom stereocenters. The fraction of sp³-hybridized carbons (Fsp3) is 0.350. The Morgan fingerprint density at radius 2 is 2.00 bits per heavy atom. The van der Waals surface area contributed by atoms with E-state index in [2.05, 4.69) is 10.3 Å². The SMILES string of the molecule is COc1ccc(C(=O)N2CCCC2c2ccc(CNC(C)=O)cn2)cc1. The molecule has 1 aliphatic heterocycles. The predicted molar refractivity (Wildman–Crippen MR) is 97.8 cm³/mol. The minimum Gasteiger partial charge on any atom is -0.497 e. The van der Waals surface area contributed by atoms with Crippen LogP contribution in [0, 0.1) is 0 Å². The highest BCUT2D eigenvalue weighted by molar-refractivity contribution is 5.94. The van der Waals surface area contributed by atoms with Gasteiger partial charge in [0.15, 0.2) is 0 Å². The Labute approximate surface area is 153 Å². The lowest BCUT2D eigenvalue weighted by atomic mass is 10.1. The van der Waals surface area contributed by atoms with Gasteiger partial charge in [0.25, 0.3) is 5.91 Å². The summed E-state index contributed by atoms with van der Waals surface area (Å²) in [5, 5.41) is 2.75. The van der Waals surface area contributed by atoms with E-state index in [0.717, 1.165) is 36.4 Å². The number of nitrogens with one attached hydrogen (secondary N) is 1. The van der Waals surface area contributed by atoms with Gasteiger partial charge in [-0.15, -0.1) is 0 Å². The molecule has 0 bridgehead atoms. The van der Waals surface area contributed by atoms with Crippen LogP contribution in [0.4, 0.5) is 0 Å². The van der Waals surface area contributed by atoms with Crippen LogP contribution in [-0.4, -0.2) is 35.4 Å². The molecule has 6 heteroatoms. The second kappa shape index (κ2) is 7.99. The summed E-state index contributed by atoms with van der Waals surface area (Å²) in [7, 11) is 1.61. The maximum atomic E-state index is 12.9. The summed E-state index contributed by atoms with van der Waals surface area (Å²) in [4.78, 5) is 30.3. The molecule has 6 nitrogen and oxygen atoms in total. The van der Waals surface area contributed by atoms with Gasteiger partial charge in [-0.3, -0.25) is 14.6 Å². The van der Waals surface area contributed by atoms with Gasteiger partial charge in [-0.25, -0.2) is 0 Å². The average Bonchev–Trinajstić information content (AvgIpc) is 3.16. The molecule has 1 aliphatic rings. The van der Waals surface area contributed by atoms with Crippen LogP contribution in [0.2, 0.25) is 0 Å². The number of methoxy groups -OCH3 is 1.